The van der Waals surface area contributed by atoms with Crippen LogP contribution in [0.3, 0.4) is 0 Å². The third-order valence-electron chi connectivity index (χ3n) is 3.13. The van der Waals surface area contributed by atoms with Crippen molar-refractivity contribution in [2.75, 3.05) is 0 Å². The molecular formula is C14H12F3NO5. The number of nitrogens with zero attached hydrogens (tertiary/aromatic N) is 1. The number of carbonyl (C=O) groups is 3. The minimum atomic E-state index is -4.52. The Balaban J connectivity index is 2.01. The summed E-state index contributed by atoms with van der Waals surface area (Å²) in [5.41, 5.74) is -0.792. The number of hydrogen-bond donors (Lipinski definition) is 0. The van der Waals surface area contributed by atoms with Crippen LogP contribution in [0.2, 0.25) is 0 Å². The molecule has 1 saturated heterocycles. The summed E-state index contributed by atoms with van der Waals surface area (Å²) in [6.45, 7) is 1.34. The number of ether oxygens (including phenoxy) is 1. The number of halogens is 3. The fourth-order valence-electron chi connectivity index (χ4n) is 1.93. The highest BCUT2D eigenvalue weighted by atomic mass is 19.4. The first kappa shape index (κ1) is 16.8. The maximum atomic E-state index is 12.6. The molecule has 0 saturated carbocycles. The lowest BCUT2D eigenvalue weighted by atomic mass is 10.1. The lowest BCUT2D eigenvalue weighted by Crippen LogP contribution is -2.32. The van der Waals surface area contributed by atoms with Crippen LogP contribution < -0.4 is 0 Å². The summed E-state index contributed by atoms with van der Waals surface area (Å²) in [6, 6.07) is 4.25. The summed E-state index contributed by atoms with van der Waals surface area (Å²) in [4.78, 5) is 38.6. The molecule has 2 amide bonds. The van der Waals surface area contributed by atoms with Crippen molar-refractivity contribution in [3.05, 3.63) is 35.4 Å². The molecule has 0 bridgehead atoms. The van der Waals surface area contributed by atoms with Crippen LogP contribution in [0.15, 0.2) is 24.3 Å². The van der Waals surface area contributed by atoms with Crippen LogP contribution in [0, 0.1) is 0 Å². The third kappa shape index (κ3) is 3.99. The largest absolute Gasteiger partial charge is 0.534 e. The summed E-state index contributed by atoms with van der Waals surface area (Å²) < 4.78 is 42.7. The highest BCUT2D eigenvalue weighted by Gasteiger charge is 2.34. The molecule has 1 atom stereocenters. The third-order valence-corrected chi connectivity index (χ3v) is 3.13. The molecule has 9 heteroatoms. The van der Waals surface area contributed by atoms with Crippen LogP contribution in [-0.4, -0.2) is 23.0 Å². The molecule has 1 aromatic carbocycles. The van der Waals surface area contributed by atoms with Gasteiger partial charge in [-0.05, 0) is 24.6 Å². The van der Waals surface area contributed by atoms with Crippen LogP contribution >= 0.6 is 0 Å². The average molecular weight is 331 g/mol. The molecule has 124 valence electrons. The monoisotopic (exact) mass is 331 g/mol. The molecule has 0 aliphatic carbocycles. The molecule has 0 N–H and O–H groups in total. The Kier molecular flexibility index (Phi) is 4.57. The van der Waals surface area contributed by atoms with Gasteiger partial charge in [0.2, 0.25) is 0 Å². The van der Waals surface area contributed by atoms with E-state index >= 15 is 0 Å². The van der Waals surface area contributed by atoms with E-state index in [0.717, 1.165) is 12.1 Å². The quantitative estimate of drug-likeness (QED) is 0.629. The molecule has 1 aliphatic heterocycles. The molecule has 1 unspecified atom stereocenters. The van der Waals surface area contributed by atoms with Crippen LogP contribution in [-0.2, 0) is 25.3 Å². The van der Waals surface area contributed by atoms with E-state index in [1.807, 2.05) is 0 Å². The topological polar surface area (TPSA) is 72.9 Å². The van der Waals surface area contributed by atoms with E-state index in [-0.39, 0.29) is 18.4 Å². The van der Waals surface area contributed by atoms with E-state index < -0.39 is 35.8 Å². The zero-order valence-electron chi connectivity index (χ0n) is 11.9. The Hall–Kier alpha value is -2.58. The number of alkyl halides is 3. The van der Waals surface area contributed by atoms with Gasteiger partial charge >= 0.3 is 12.3 Å². The molecule has 0 aromatic heterocycles. The number of amides is 2. The molecule has 1 aliphatic rings. The molecule has 1 aromatic rings. The van der Waals surface area contributed by atoms with Crippen molar-refractivity contribution in [3.8, 4) is 0 Å². The zero-order chi connectivity index (χ0) is 17.2. The van der Waals surface area contributed by atoms with Gasteiger partial charge in [-0.2, -0.15) is 13.2 Å². The maximum Gasteiger partial charge on any atom is 0.534 e. The van der Waals surface area contributed by atoms with Crippen LogP contribution in [0.25, 0.3) is 0 Å². The highest BCUT2D eigenvalue weighted by molar-refractivity contribution is 6.01. The van der Waals surface area contributed by atoms with Gasteiger partial charge in [0, 0.05) is 12.8 Å². The van der Waals surface area contributed by atoms with Gasteiger partial charge in [-0.3, -0.25) is 14.4 Å². The maximum absolute atomic E-state index is 12.6. The Morgan fingerprint density at radius 2 is 1.83 bits per heavy atom. The Morgan fingerprint density at radius 1 is 1.22 bits per heavy atom. The fraction of sp³-hybridized carbons (Fsp3) is 0.357. The van der Waals surface area contributed by atoms with Crippen molar-refractivity contribution >= 4 is 18.0 Å². The lowest BCUT2D eigenvalue weighted by molar-refractivity contribution is -0.178. The Bertz CT molecular complexity index is 628. The second-order valence-electron chi connectivity index (χ2n) is 4.81. The van der Waals surface area contributed by atoms with Gasteiger partial charge < -0.3 is 4.74 Å². The van der Waals surface area contributed by atoms with Crippen molar-refractivity contribution in [1.29, 1.82) is 0 Å². The molecule has 6 nitrogen and oxygen atoms in total. The van der Waals surface area contributed by atoms with Crippen molar-refractivity contribution in [1.82, 2.24) is 5.06 Å². The van der Waals surface area contributed by atoms with Crippen molar-refractivity contribution in [2.45, 2.75) is 32.0 Å². The minimum absolute atomic E-state index is 0.0741. The summed E-state index contributed by atoms with van der Waals surface area (Å²) in [7, 11) is 0. The van der Waals surface area contributed by atoms with Crippen molar-refractivity contribution in [3.63, 3.8) is 0 Å². The van der Waals surface area contributed by atoms with Gasteiger partial charge in [-0.1, -0.05) is 17.2 Å². The Morgan fingerprint density at radius 3 is 2.39 bits per heavy atom. The van der Waals surface area contributed by atoms with E-state index in [1.165, 1.54) is 19.1 Å². The number of hydroxylamine groups is 2. The van der Waals surface area contributed by atoms with Gasteiger partial charge in [0.05, 0.1) is 5.56 Å². The van der Waals surface area contributed by atoms with Crippen LogP contribution in [0.1, 0.15) is 37.0 Å². The average Bonchev–Trinajstić information content (AvgIpc) is 2.78. The number of rotatable bonds is 3. The zero-order valence-corrected chi connectivity index (χ0v) is 11.9. The smallest absolute Gasteiger partial charge is 0.425 e. The predicted molar refractivity (Wildman–Crippen MR) is 68.5 cm³/mol. The molecule has 2 rings (SSSR count). The molecule has 0 radical (unpaired) electrons. The van der Waals surface area contributed by atoms with Gasteiger partial charge in [0.25, 0.3) is 11.8 Å². The summed E-state index contributed by atoms with van der Waals surface area (Å²) in [6.07, 6.45) is -7.08. The van der Waals surface area contributed by atoms with Gasteiger partial charge in [0.1, 0.15) is 6.10 Å². The first-order valence-electron chi connectivity index (χ1n) is 6.60. The first-order chi connectivity index (χ1) is 10.7. The van der Waals surface area contributed by atoms with Crippen LogP contribution in [0.5, 0.6) is 0 Å². The summed E-state index contributed by atoms with van der Waals surface area (Å²) >= 11 is 0. The van der Waals surface area contributed by atoms with E-state index in [4.69, 9.17) is 4.74 Å². The number of benzene rings is 1. The summed E-state index contributed by atoms with van der Waals surface area (Å²) in [5.74, 6) is -1.36. The number of hydrogen-bond acceptors (Lipinski definition) is 5. The van der Waals surface area contributed by atoms with E-state index in [0.29, 0.717) is 5.06 Å². The molecular weight excluding hydrogens is 319 g/mol. The fourth-order valence-corrected chi connectivity index (χ4v) is 1.93. The standard InChI is InChI=1S/C14H12F3NO5/c1-8(9-3-2-4-10(7-9)14(15,16)17)22-13(21)23-18-11(19)5-6-12(18)20/h2-4,7-8H,5-6H2,1H3. The summed E-state index contributed by atoms with van der Waals surface area (Å²) in [5, 5.41) is 0.293. The second-order valence-corrected chi connectivity index (χ2v) is 4.81. The van der Waals surface area contributed by atoms with Gasteiger partial charge in [0.15, 0.2) is 0 Å². The minimum Gasteiger partial charge on any atom is -0.425 e. The highest BCUT2D eigenvalue weighted by Crippen LogP contribution is 2.31. The van der Waals surface area contributed by atoms with Crippen LogP contribution in [0.4, 0.5) is 18.0 Å². The Labute approximate surface area is 128 Å². The van der Waals surface area contributed by atoms with Gasteiger partial charge in [-0.15, -0.1) is 0 Å². The van der Waals surface area contributed by atoms with E-state index in [2.05, 4.69) is 4.84 Å². The lowest BCUT2D eigenvalue weighted by Gasteiger charge is -2.17. The normalized spacial score (nSPS) is 16.4. The van der Waals surface area contributed by atoms with Crippen molar-refractivity contribution in [2.24, 2.45) is 0 Å². The predicted octanol–water partition coefficient (Wildman–Crippen LogP) is 2.98. The van der Waals surface area contributed by atoms with Crippen molar-refractivity contribution < 1.29 is 37.1 Å². The SMILES string of the molecule is CC(OC(=O)ON1C(=O)CCC1=O)c1cccc(C(F)(F)F)c1. The molecule has 0 spiro atoms. The molecule has 1 fully saturated rings. The van der Waals surface area contributed by atoms with E-state index in [9.17, 15) is 27.6 Å². The van der Waals surface area contributed by atoms with E-state index in [1.54, 1.807) is 0 Å². The number of imide groups is 1. The first-order valence-corrected chi connectivity index (χ1v) is 6.60. The number of carbonyl (C=O) groups excluding carboxylic acids is 3. The molecule has 1 heterocycles. The van der Waals surface area contributed by atoms with Gasteiger partial charge in [-0.25, -0.2) is 4.79 Å². The molecule has 23 heavy (non-hydrogen) atoms. The second kappa shape index (κ2) is 6.27.